The highest BCUT2D eigenvalue weighted by atomic mass is 79.9. The molecule has 19 heteroatoms. The zero-order valence-corrected chi connectivity index (χ0v) is 36.0. The Balaban J connectivity index is 0.000000189. The summed E-state index contributed by atoms with van der Waals surface area (Å²) in [6.45, 7) is 0. The lowest BCUT2D eigenvalue weighted by Gasteiger charge is -2.13. The number of carbonyl (C=O) groups excluding carboxylic acids is 2. The van der Waals surface area contributed by atoms with Crippen LogP contribution in [0.3, 0.4) is 0 Å². The van der Waals surface area contributed by atoms with Crippen LogP contribution in [0.1, 0.15) is 21.0 Å². The molecule has 0 spiro atoms. The first-order valence-corrected chi connectivity index (χ1v) is 19.4. The summed E-state index contributed by atoms with van der Waals surface area (Å²) in [5.74, 6) is 0.646. The predicted molar refractivity (Wildman–Crippen MR) is 233 cm³/mol. The van der Waals surface area contributed by atoms with Gasteiger partial charge in [-0.05, 0) is 70.5 Å². The van der Waals surface area contributed by atoms with Crippen molar-refractivity contribution in [2.75, 3.05) is 39.1 Å². The number of fused-ring (bicyclic) bond motifs is 2. The molecule has 322 valence electrons. The molecule has 0 saturated carbocycles. The molecule has 2 N–H and O–H groups in total. The average Bonchev–Trinajstić information content (AvgIpc) is 3.88. The minimum absolute atomic E-state index is 0.00174. The second-order valence-corrected chi connectivity index (χ2v) is 14.2. The van der Waals surface area contributed by atoms with Crippen molar-refractivity contribution in [3.05, 3.63) is 131 Å². The number of amides is 2. The van der Waals surface area contributed by atoms with E-state index in [1.807, 2.05) is 0 Å². The zero-order chi connectivity index (χ0) is 44.8. The van der Waals surface area contributed by atoms with Gasteiger partial charge in [-0.25, -0.2) is 8.78 Å². The molecule has 0 fully saturated rings. The number of benzene rings is 4. The molecule has 0 radical (unpaired) electrons. The largest absolute Gasteiger partial charge is 0.493 e. The minimum Gasteiger partial charge on any atom is -0.493 e. The number of ether oxygens (including phenoxy) is 6. The van der Waals surface area contributed by atoms with Crippen molar-refractivity contribution in [3.63, 3.8) is 0 Å². The number of rotatable bonds is 12. The Morgan fingerprint density at radius 2 is 1.05 bits per heavy atom. The van der Waals surface area contributed by atoms with Crippen molar-refractivity contribution in [3.8, 4) is 46.0 Å². The van der Waals surface area contributed by atoms with Gasteiger partial charge in [0, 0.05) is 85.3 Å². The van der Waals surface area contributed by atoms with Crippen LogP contribution in [-0.4, -0.2) is 69.8 Å². The molecule has 16 nitrogen and oxygen atoms in total. The van der Waals surface area contributed by atoms with E-state index in [1.54, 1.807) is 93.5 Å². The van der Waals surface area contributed by atoms with Crippen LogP contribution in [-0.2, 0) is 14.1 Å². The van der Waals surface area contributed by atoms with Gasteiger partial charge >= 0.3 is 0 Å². The fourth-order valence-corrected chi connectivity index (χ4v) is 6.72. The third-order valence-electron chi connectivity index (χ3n) is 9.18. The van der Waals surface area contributed by atoms with E-state index < -0.39 is 23.4 Å². The number of hydrogen-bond acceptors (Lipinski definition) is 12. The van der Waals surface area contributed by atoms with Crippen molar-refractivity contribution in [2.45, 2.75) is 0 Å². The van der Waals surface area contributed by atoms with E-state index in [1.165, 1.54) is 62.1 Å². The van der Waals surface area contributed by atoms with Crippen LogP contribution < -0.4 is 39.1 Å². The Bertz CT molecular complexity index is 3000. The van der Waals surface area contributed by atoms with E-state index in [0.29, 0.717) is 60.8 Å². The lowest BCUT2D eigenvalue weighted by atomic mass is 10.2. The number of methoxy groups -OCH3 is 4. The van der Waals surface area contributed by atoms with E-state index in [2.05, 4.69) is 46.7 Å². The molecule has 0 atom stereocenters. The van der Waals surface area contributed by atoms with Gasteiger partial charge in [-0.3, -0.25) is 28.9 Å². The highest BCUT2D eigenvalue weighted by molar-refractivity contribution is 9.10. The van der Waals surface area contributed by atoms with Gasteiger partial charge in [0.15, 0.2) is 57.5 Å². The second kappa shape index (κ2) is 18.9. The molecule has 4 heterocycles. The van der Waals surface area contributed by atoms with Gasteiger partial charge in [0.05, 0.1) is 43.9 Å². The Labute approximate surface area is 366 Å². The summed E-state index contributed by atoms with van der Waals surface area (Å²) in [7, 11) is 9.52. The summed E-state index contributed by atoms with van der Waals surface area (Å²) in [6.07, 6.45) is 6.41. The lowest BCUT2D eigenvalue weighted by molar-refractivity contribution is 0.101. The maximum atomic E-state index is 14.8. The number of hydrogen-bond donors (Lipinski definition) is 2. The first-order valence-electron chi connectivity index (χ1n) is 18.7. The molecule has 0 aliphatic heterocycles. The van der Waals surface area contributed by atoms with Crippen LogP contribution in [0.5, 0.6) is 46.0 Å². The van der Waals surface area contributed by atoms with E-state index in [-0.39, 0.29) is 34.3 Å². The summed E-state index contributed by atoms with van der Waals surface area (Å²) >= 11 is 3.27. The molecule has 8 rings (SSSR count). The summed E-state index contributed by atoms with van der Waals surface area (Å²) in [5.41, 5.74) is 2.19. The van der Waals surface area contributed by atoms with Crippen LogP contribution in [0.2, 0.25) is 0 Å². The van der Waals surface area contributed by atoms with Gasteiger partial charge in [0.1, 0.15) is 11.5 Å². The molecule has 2 amide bonds. The van der Waals surface area contributed by atoms with E-state index >= 15 is 0 Å². The highest BCUT2D eigenvalue weighted by Gasteiger charge is 2.18. The second-order valence-electron chi connectivity index (χ2n) is 13.3. The van der Waals surface area contributed by atoms with Crippen LogP contribution in [0.15, 0.2) is 108 Å². The van der Waals surface area contributed by atoms with Gasteiger partial charge in [-0.2, -0.15) is 10.2 Å². The third kappa shape index (κ3) is 9.73. The standard InChI is InChI=1S/C22H18BrFN4O4.C22H19FN4O4/c1-28-11-14(23)21(27-28)22(29)26-12-4-5-18(15(24)8-12)32-17-6-7-25-16-10-20(31-3)19(30-2)9-13(16)17;1-27-9-7-16(26-27)22(28)25-13-4-5-19(15(23)10-13)31-18-6-8-24-17-12-21(30-3)20(29-2)11-14(17)18/h4-11H,1-3H3,(H,26,29);4-12H,1-3H3,(H,25,28). The van der Waals surface area contributed by atoms with Crippen molar-refractivity contribution in [2.24, 2.45) is 14.1 Å². The number of carbonyl (C=O) groups is 2. The summed E-state index contributed by atoms with van der Waals surface area (Å²) < 4.78 is 65.9. The van der Waals surface area contributed by atoms with Crippen LogP contribution >= 0.6 is 15.9 Å². The van der Waals surface area contributed by atoms with Gasteiger partial charge in [-0.15, -0.1) is 0 Å². The van der Waals surface area contributed by atoms with Crippen molar-refractivity contribution in [1.29, 1.82) is 0 Å². The summed E-state index contributed by atoms with van der Waals surface area (Å²) in [6, 6.07) is 20.0. The fourth-order valence-electron chi connectivity index (χ4n) is 6.17. The van der Waals surface area contributed by atoms with Crippen molar-refractivity contribution in [1.82, 2.24) is 29.5 Å². The fraction of sp³-hybridized carbons (Fsp3) is 0.136. The Kier molecular flexibility index (Phi) is 13.0. The van der Waals surface area contributed by atoms with Crippen LogP contribution in [0.4, 0.5) is 20.2 Å². The predicted octanol–water partition coefficient (Wildman–Crippen LogP) is 9.10. The maximum Gasteiger partial charge on any atom is 0.277 e. The van der Waals surface area contributed by atoms with Gasteiger partial charge < -0.3 is 39.1 Å². The van der Waals surface area contributed by atoms with Crippen LogP contribution in [0.25, 0.3) is 21.8 Å². The normalized spacial score (nSPS) is 10.7. The van der Waals surface area contributed by atoms with Gasteiger partial charge in [0.2, 0.25) is 0 Å². The van der Waals surface area contributed by atoms with Gasteiger partial charge in [-0.1, -0.05) is 0 Å². The zero-order valence-electron chi connectivity index (χ0n) is 34.4. The summed E-state index contributed by atoms with van der Waals surface area (Å²) in [5, 5.41) is 14.6. The van der Waals surface area contributed by atoms with E-state index in [0.717, 1.165) is 0 Å². The molecular formula is C44H37BrF2N8O8. The molecule has 0 saturated heterocycles. The highest BCUT2D eigenvalue weighted by Crippen LogP contribution is 2.39. The molecular weight excluding hydrogens is 886 g/mol. The topological polar surface area (TPSA) is 175 Å². The molecule has 0 bridgehead atoms. The number of nitrogens with zero attached hydrogens (tertiary/aromatic N) is 6. The molecule has 0 aliphatic rings. The average molecular weight is 924 g/mol. The van der Waals surface area contributed by atoms with Crippen LogP contribution in [0, 0.1) is 11.6 Å². The monoisotopic (exact) mass is 922 g/mol. The number of aryl methyl sites for hydroxylation is 2. The Morgan fingerprint density at radius 3 is 1.46 bits per heavy atom. The molecule has 4 aromatic heterocycles. The van der Waals surface area contributed by atoms with E-state index in [9.17, 15) is 18.4 Å². The summed E-state index contributed by atoms with van der Waals surface area (Å²) in [4.78, 5) is 33.2. The quantitative estimate of drug-likeness (QED) is 0.119. The molecule has 0 aliphatic carbocycles. The Morgan fingerprint density at radius 1 is 0.571 bits per heavy atom. The first-order chi connectivity index (χ1) is 30.4. The number of anilines is 2. The molecule has 8 aromatic rings. The lowest BCUT2D eigenvalue weighted by Crippen LogP contribution is -2.13. The molecule has 0 unspecified atom stereocenters. The SMILES string of the molecule is COc1cc2nccc(Oc3ccc(NC(=O)c4ccn(C)n4)cc3F)c2cc1OC.COc1cc2nccc(Oc3ccc(NC(=O)c4nn(C)cc4Br)cc3F)c2cc1OC. The maximum absolute atomic E-state index is 14.8. The van der Waals surface area contributed by atoms with E-state index in [4.69, 9.17) is 28.4 Å². The smallest absolute Gasteiger partial charge is 0.277 e. The Hall–Kier alpha value is -7.80. The number of pyridine rings is 2. The van der Waals surface area contributed by atoms with Crippen molar-refractivity contribution >= 4 is 60.9 Å². The number of nitrogens with one attached hydrogen (secondary N) is 2. The molecule has 63 heavy (non-hydrogen) atoms. The first kappa shape index (κ1) is 43.3. The molecule has 4 aromatic carbocycles. The number of halogens is 3. The number of aromatic nitrogens is 6. The van der Waals surface area contributed by atoms with Crippen molar-refractivity contribution < 1.29 is 46.8 Å². The minimum atomic E-state index is -0.645. The third-order valence-corrected chi connectivity index (χ3v) is 9.76. The van der Waals surface area contributed by atoms with Gasteiger partial charge in [0.25, 0.3) is 11.8 Å².